The lowest BCUT2D eigenvalue weighted by Gasteiger charge is -2.11. The molecule has 19 heavy (non-hydrogen) atoms. The topological polar surface area (TPSA) is 65.7 Å². The van der Waals surface area contributed by atoms with Gasteiger partial charge in [0.1, 0.15) is 11.5 Å². The first-order valence-electron chi connectivity index (χ1n) is 5.73. The smallest absolute Gasteiger partial charge is 0.330 e. The maximum atomic E-state index is 11.1. The predicted octanol–water partition coefficient (Wildman–Crippen LogP) is 2.86. The van der Waals surface area contributed by atoms with Crippen LogP contribution in [0.3, 0.4) is 0 Å². The second kappa shape index (κ2) is 6.58. The molecule has 1 heterocycles. The minimum Gasteiger partial charge on any atom is -0.458 e. The lowest BCUT2D eigenvalue weighted by atomic mass is 10.3. The van der Waals surface area contributed by atoms with E-state index in [1.165, 1.54) is 0 Å². The molecule has 0 aliphatic heterocycles. The predicted molar refractivity (Wildman–Crippen MR) is 68.1 cm³/mol. The van der Waals surface area contributed by atoms with Crippen LogP contribution >= 0.6 is 0 Å². The van der Waals surface area contributed by atoms with Gasteiger partial charge in [-0.15, -0.1) is 0 Å². The summed E-state index contributed by atoms with van der Waals surface area (Å²) in [4.78, 5) is 22.1. The minimum atomic E-state index is -0.540. The molecule has 2 atom stereocenters. The van der Waals surface area contributed by atoms with Gasteiger partial charge in [-0.05, 0) is 26.0 Å². The third-order valence-electron chi connectivity index (χ3n) is 2.37. The lowest BCUT2D eigenvalue weighted by molar-refractivity contribution is -0.143. The number of ether oxygens (including phenoxy) is 2. The first-order valence-corrected chi connectivity index (χ1v) is 5.73. The Morgan fingerprint density at radius 2 is 1.42 bits per heavy atom. The molecule has 0 spiro atoms. The molecule has 0 N–H and O–H groups in total. The van der Waals surface area contributed by atoms with Crippen molar-refractivity contribution in [2.24, 2.45) is 0 Å². The van der Waals surface area contributed by atoms with E-state index in [2.05, 4.69) is 13.2 Å². The fourth-order valence-corrected chi connectivity index (χ4v) is 1.37. The van der Waals surface area contributed by atoms with Crippen LogP contribution < -0.4 is 0 Å². The van der Waals surface area contributed by atoms with Crippen molar-refractivity contribution in [3.05, 3.63) is 49.0 Å². The second-order valence-electron chi connectivity index (χ2n) is 3.81. The fraction of sp³-hybridized carbons (Fsp3) is 0.286. The van der Waals surface area contributed by atoms with E-state index in [9.17, 15) is 9.59 Å². The molecule has 1 rings (SSSR count). The van der Waals surface area contributed by atoms with Crippen molar-refractivity contribution in [1.29, 1.82) is 0 Å². The Kier molecular flexibility index (Phi) is 5.11. The molecule has 1 aromatic heterocycles. The van der Waals surface area contributed by atoms with E-state index in [0.29, 0.717) is 11.5 Å². The molecule has 0 aliphatic rings. The maximum Gasteiger partial charge on any atom is 0.330 e. The molecular weight excluding hydrogens is 248 g/mol. The van der Waals surface area contributed by atoms with Gasteiger partial charge in [-0.1, -0.05) is 13.2 Å². The molecule has 0 fully saturated rings. The number of esters is 2. The average Bonchev–Trinajstić information content (AvgIpc) is 2.87. The van der Waals surface area contributed by atoms with Gasteiger partial charge in [-0.3, -0.25) is 0 Å². The molecule has 2 unspecified atom stereocenters. The minimum absolute atomic E-state index is 0.465. The maximum absolute atomic E-state index is 11.1. The van der Waals surface area contributed by atoms with Crippen LogP contribution in [0.2, 0.25) is 0 Å². The molecule has 0 saturated carbocycles. The Balaban J connectivity index is 2.70. The van der Waals surface area contributed by atoms with Crippen LogP contribution in [0.4, 0.5) is 0 Å². The number of hydrogen-bond acceptors (Lipinski definition) is 5. The number of carbonyl (C=O) groups is 2. The summed E-state index contributed by atoms with van der Waals surface area (Å²) in [5.74, 6) is -0.133. The van der Waals surface area contributed by atoms with Crippen LogP contribution in [0.25, 0.3) is 0 Å². The molecular formula is C14H16O5. The van der Waals surface area contributed by atoms with Crippen LogP contribution in [-0.2, 0) is 19.1 Å². The Hall–Kier alpha value is -2.30. The van der Waals surface area contributed by atoms with Crippen molar-refractivity contribution in [3.8, 4) is 0 Å². The third-order valence-corrected chi connectivity index (χ3v) is 2.37. The van der Waals surface area contributed by atoms with Gasteiger partial charge in [-0.2, -0.15) is 0 Å². The fourth-order valence-electron chi connectivity index (χ4n) is 1.37. The molecule has 0 saturated heterocycles. The molecule has 0 bridgehead atoms. The number of rotatable bonds is 6. The zero-order valence-corrected chi connectivity index (χ0v) is 10.9. The SMILES string of the molecule is C=CC(=O)OC(C)c1ccc(C(C)OC(=O)C=C)o1. The molecule has 0 amide bonds. The van der Waals surface area contributed by atoms with E-state index in [0.717, 1.165) is 12.2 Å². The zero-order valence-electron chi connectivity index (χ0n) is 10.9. The van der Waals surface area contributed by atoms with Crippen molar-refractivity contribution < 1.29 is 23.5 Å². The van der Waals surface area contributed by atoms with Crippen LogP contribution in [0.5, 0.6) is 0 Å². The summed E-state index contributed by atoms with van der Waals surface area (Å²) < 4.78 is 15.5. The Morgan fingerprint density at radius 1 is 1.05 bits per heavy atom. The summed E-state index contributed by atoms with van der Waals surface area (Å²) in [7, 11) is 0. The lowest BCUT2D eigenvalue weighted by Crippen LogP contribution is -2.06. The summed E-state index contributed by atoms with van der Waals surface area (Å²) in [6, 6.07) is 3.32. The summed E-state index contributed by atoms with van der Waals surface area (Å²) in [5.41, 5.74) is 0. The molecule has 0 aliphatic carbocycles. The highest BCUT2D eigenvalue weighted by molar-refractivity contribution is 5.81. The summed E-state index contributed by atoms with van der Waals surface area (Å²) in [5, 5.41) is 0. The number of carbonyl (C=O) groups excluding carboxylic acids is 2. The Bertz CT molecular complexity index is 443. The average molecular weight is 264 g/mol. The van der Waals surface area contributed by atoms with Crippen molar-refractivity contribution in [1.82, 2.24) is 0 Å². The van der Waals surface area contributed by atoms with Crippen molar-refractivity contribution >= 4 is 11.9 Å². The zero-order chi connectivity index (χ0) is 14.4. The van der Waals surface area contributed by atoms with Gasteiger partial charge in [0.05, 0.1) is 0 Å². The normalized spacial score (nSPS) is 13.2. The van der Waals surface area contributed by atoms with Crippen molar-refractivity contribution in [2.75, 3.05) is 0 Å². The Labute approximate surface area is 111 Å². The van der Waals surface area contributed by atoms with Gasteiger partial charge in [0.25, 0.3) is 0 Å². The van der Waals surface area contributed by atoms with E-state index in [1.54, 1.807) is 26.0 Å². The van der Waals surface area contributed by atoms with Crippen LogP contribution in [0.15, 0.2) is 41.9 Å². The van der Waals surface area contributed by atoms with Gasteiger partial charge in [0, 0.05) is 12.2 Å². The summed E-state index contributed by atoms with van der Waals surface area (Å²) in [6.07, 6.45) is 1.08. The highest BCUT2D eigenvalue weighted by Gasteiger charge is 2.18. The quantitative estimate of drug-likeness (QED) is 0.584. The van der Waals surface area contributed by atoms with E-state index < -0.39 is 24.1 Å². The van der Waals surface area contributed by atoms with Crippen LogP contribution in [0, 0.1) is 0 Å². The third kappa shape index (κ3) is 4.13. The molecule has 0 aromatic carbocycles. The van der Waals surface area contributed by atoms with Crippen LogP contribution in [0.1, 0.15) is 37.6 Å². The van der Waals surface area contributed by atoms with Crippen molar-refractivity contribution in [3.63, 3.8) is 0 Å². The van der Waals surface area contributed by atoms with E-state index in [1.807, 2.05) is 0 Å². The molecule has 1 aromatic rings. The second-order valence-corrected chi connectivity index (χ2v) is 3.81. The molecule has 0 radical (unpaired) electrons. The molecule has 102 valence electrons. The standard InChI is InChI=1S/C14H16O5/c1-5-13(15)17-9(3)11-7-8-12(19-11)10(4)18-14(16)6-2/h5-10H,1-2H2,3-4H3. The molecule has 5 nitrogen and oxygen atoms in total. The van der Waals surface area contributed by atoms with Gasteiger partial charge in [0.2, 0.25) is 0 Å². The first-order chi connectivity index (χ1) is 8.97. The largest absolute Gasteiger partial charge is 0.458 e. The van der Waals surface area contributed by atoms with E-state index in [-0.39, 0.29) is 0 Å². The van der Waals surface area contributed by atoms with E-state index in [4.69, 9.17) is 13.9 Å². The number of hydrogen-bond donors (Lipinski definition) is 0. The monoisotopic (exact) mass is 264 g/mol. The summed E-state index contributed by atoms with van der Waals surface area (Å²) in [6.45, 7) is 9.96. The van der Waals surface area contributed by atoms with Crippen molar-refractivity contribution in [2.45, 2.75) is 26.1 Å². The first kappa shape index (κ1) is 14.8. The Morgan fingerprint density at radius 3 is 1.74 bits per heavy atom. The highest BCUT2D eigenvalue weighted by atomic mass is 16.6. The van der Waals surface area contributed by atoms with Gasteiger partial charge in [0.15, 0.2) is 12.2 Å². The van der Waals surface area contributed by atoms with Gasteiger partial charge >= 0.3 is 11.9 Å². The number of furan rings is 1. The van der Waals surface area contributed by atoms with Gasteiger partial charge in [-0.25, -0.2) is 9.59 Å². The molecule has 5 heteroatoms. The highest BCUT2D eigenvalue weighted by Crippen LogP contribution is 2.25. The van der Waals surface area contributed by atoms with Crippen LogP contribution in [-0.4, -0.2) is 11.9 Å². The summed E-state index contributed by atoms with van der Waals surface area (Å²) >= 11 is 0. The van der Waals surface area contributed by atoms with E-state index >= 15 is 0 Å². The van der Waals surface area contributed by atoms with Gasteiger partial charge < -0.3 is 13.9 Å².